The number of hydrogen-bond donors (Lipinski definition) is 2. The summed E-state index contributed by atoms with van der Waals surface area (Å²) in [7, 11) is 1.85. The van der Waals surface area contributed by atoms with E-state index < -0.39 is 5.54 Å². The number of primary amides is 1. The van der Waals surface area contributed by atoms with Crippen LogP contribution in [0.2, 0.25) is 0 Å². The van der Waals surface area contributed by atoms with Crippen molar-refractivity contribution in [2.45, 2.75) is 76.2 Å². The Morgan fingerprint density at radius 1 is 1.24 bits per heavy atom. The lowest BCUT2D eigenvalue weighted by molar-refractivity contribution is -0.190. The van der Waals surface area contributed by atoms with Gasteiger partial charge in [0.2, 0.25) is 5.91 Å². The summed E-state index contributed by atoms with van der Waals surface area (Å²) in [6.07, 6.45) is 3.80. The molecule has 0 bridgehead atoms. The van der Waals surface area contributed by atoms with E-state index in [0.29, 0.717) is 6.04 Å². The van der Waals surface area contributed by atoms with Crippen LogP contribution in [0.4, 0.5) is 0 Å². The summed E-state index contributed by atoms with van der Waals surface area (Å²) in [6.45, 7) is 10.4. The highest BCUT2D eigenvalue weighted by molar-refractivity contribution is 5.84. The van der Waals surface area contributed by atoms with Crippen LogP contribution in [0.5, 0.6) is 0 Å². The molecule has 1 heterocycles. The lowest BCUT2D eigenvalue weighted by Gasteiger charge is -2.52. The molecular formula is C16H31N3O2. The van der Waals surface area contributed by atoms with Crippen LogP contribution in [0.25, 0.3) is 0 Å². The van der Waals surface area contributed by atoms with Crippen LogP contribution in [0, 0.1) is 0 Å². The van der Waals surface area contributed by atoms with Gasteiger partial charge in [-0.15, -0.1) is 0 Å². The molecular weight excluding hydrogens is 266 g/mol. The van der Waals surface area contributed by atoms with Crippen molar-refractivity contribution in [1.82, 2.24) is 10.2 Å². The first-order chi connectivity index (χ1) is 9.59. The normalized spacial score (nSPS) is 36.3. The Morgan fingerprint density at radius 2 is 1.81 bits per heavy atom. The molecule has 0 spiro atoms. The summed E-state index contributed by atoms with van der Waals surface area (Å²) < 4.78 is 6.16. The van der Waals surface area contributed by atoms with Gasteiger partial charge >= 0.3 is 0 Å². The van der Waals surface area contributed by atoms with Crippen molar-refractivity contribution in [2.24, 2.45) is 5.73 Å². The number of amides is 1. The molecule has 1 amide bonds. The van der Waals surface area contributed by atoms with E-state index in [9.17, 15) is 4.79 Å². The monoisotopic (exact) mass is 297 g/mol. The van der Waals surface area contributed by atoms with Gasteiger partial charge in [0.1, 0.15) is 0 Å². The SMILES string of the molecule is CNC1(C(N)=O)CCCC(N2CC(C)(C)OC(C)(C)C2)C1. The van der Waals surface area contributed by atoms with Crippen molar-refractivity contribution in [1.29, 1.82) is 0 Å². The van der Waals surface area contributed by atoms with Crippen molar-refractivity contribution in [3.8, 4) is 0 Å². The summed E-state index contributed by atoms with van der Waals surface area (Å²) in [5.41, 5.74) is 4.80. The molecule has 5 nitrogen and oxygen atoms in total. The second-order valence-corrected chi connectivity index (χ2v) is 7.97. The number of hydrogen-bond acceptors (Lipinski definition) is 4. The Labute approximate surface area is 128 Å². The topological polar surface area (TPSA) is 67.6 Å². The lowest BCUT2D eigenvalue weighted by Crippen LogP contribution is -2.64. The Bertz CT molecular complexity index is 392. The van der Waals surface area contributed by atoms with E-state index in [1.165, 1.54) is 0 Å². The first kappa shape index (κ1) is 16.7. The van der Waals surface area contributed by atoms with Crippen molar-refractivity contribution >= 4 is 5.91 Å². The smallest absolute Gasteiger partial charge is 0.237 e. The van der Waals surface area contributed by atoms with E-state index >= 15 is 0 Å². The number of carbonyl (C=O) groups excluding carboxylic acids is 1. The third-order valence-electron chi connectivity index (χ3n) is 4.91. The molecule has 3 N–H and O–H groups in total. The third kappa shape index (κ3) is 3.58. The Kier molecular flexibility index (Phi) is 4.40. The molecule has 0 aromatic carbocycles. The van der Waals surface area contributed by atoms with E-state index in [2.05, 4.69) is 37.9 Å². The van der Waals surface area contributed by atoms with Crippen molar-refractivity contribution in [3.63, 3.8) is 0 Å². The van der Waals surface area contributed by atoms with Gasteiger partial charge in [-0.1, -0.05) is 0 Å². The van der Waals surface area contributed by atoms with Gasteiger partial charge in [-0.3, -0.25) is 9.69 Å². The number of rotatable bonds is 3. The van der Waals surface area contributed by atoms with Crippen LogP contribution in [0.3, 0.4) is 0 Å². The maximum Gasteiger partial charge on any atom is 0.237 e. The summed E-state index contributed by atoms with van der Waals surface area (Å²) >= 11 is 0. The molecule has 2 rings (SSSR count). The maximum absolute atomic E-state index is 11.9. The van der Waals surface area contributed by atoms with Gasteiger partial charge in [-0.25, -0.2) is 0 Å². The molecule has 21 heavy (non-hydrogen) atoms. The first-order valence-corrected chi connectivity index (χ1v) is 8.02. The lowest BCUT2D eigenvalue weighted by atomic mass is 9.77. The van der Waals surface area contributed by atoms with Gasteiger partial charge in [0, 0.05) is 19.1 Å². The molecule has 2 fully saturated rings. The molecule has 1 saturated carbocycles. The molecule has 5 heteroatoms. The zero-order valence-electron chi connectivity index (χ0n) is 14.2. The summed E-state index contributed by atoms with van der Waals surface area (Å²) in [6, 6.07) is 0.390. The van der Waals surface area contributed by atoms with E-state index in [0.717, 1.165) is 38.8 Å². The highest BCUT2D eigenvalue weighted by atomic mass is 16.5. The predicted molar refractivity (Wildman–Crippen MR) is 84.1 cm³/mol. The minimum absolute atomic E-state index is 0.159. The summed E-state index contributed by atoms with van der Waals surface area (Å²) in [4.78, 5) is 14.4. The molecule has 0 aromatic rings. The summed E-state index contributed by atoms with van der Waals surface area (Å²) in [5, 5.41) is 3.19. The van der Waals surface area contributed by atoms with Gasteiger partial charge in [0.15, 0.2) is 0 Å². The van der Waals surface area contributed by atoms with Crippen LogP contribution in [0.1, 0.15) is 53.4 Å². The van der Waals surface area contributed by atoms with Crippen molar-refractivity contribution < 1.29 is 9.53 Å². The van der Waals surface area contributed by atoms with Crippen LogP contribution in [-0.2, 0) is 9.53 Å². The minimum Gasteiger partial charge on any atom is -0.368 e. The van der Waals surface area contributed by atoms with Crippen molar-refractivity contribution in [3.05, 3.63) is 0 Å². The highest BCUT2D eigenvalue weighted by Gasteiger charge is 2.46. The van der Waals surface area contributed by atoms with E-state index in [-0.39, 0.29) is 17.1 Å². The van der Waals surface area contributed by atoms with Crippen molar-refractivity contribution in [2.75, 3.05) is 20.1 Å². The molecule has 2 aliphatic rings. The van der Waals surface area contributed by atoms with Gasteiger partial charge in [0.05, 0.1) is 16.7 Å². The quantitative estimate of drug-likeness (QED) is 0.823. The fraction of sp³-hybridized carbons (Fsp3) is 0.938. The minimum atomic E-state index is -0.546. The zero-order valence-corrected chi connectivity index (χ0v) is 14.2. The molecule has 122 valence electrons. The fourth-order valence-corrected chi connectivity index (χ4v) is 4.24. The second-order valence-electron chi connectivity index (χ2n) is 7.97. The molecule has 0 aromatic heterocycles. The summed E-state index contributed by atoms with van der Waals surface area (Å²) in [5.74, 6) is -0.221. The van der Waals surface area contributed by atoms with Gasteiger partial charge in [-0.2, -0.15) is 0 Å². The fourth-order valence-electron chi connectivity index (χ4n) is 4.24. The largest absolute Gasteiger partial charge is 0.368 e. The van der Waals surface area contributed by atoms with Gasteiger partial charge in [0.25, 0.3) is 0 Å². The van der Waals surface area contributed by atoms with E-state index in [1.807, 2.05) is 7.05 Å². The van der Waals surface area contributed by atoms with Crippen LogP contribution in [-0.4, -0.2) is 53.7 Å². The predicted octanol–water partition coefficient (Wildman–Crippen LogP) is 1.26. The standard InChI is InChI=1S/C16H31N3O2/c1-14(2)10-19(11-15(3,4)21-14)12-7-6-8-16(9-12,18-5)13(17)20/h12,18H,6-11H2,1-5H3,(H2,17,20). The van der Waals surface area contributed by atoms with Gasteiger partial charge < -0.3 is 15.8 Å². The van der Waals surface area contributed by atoms with E-state index in [1.54, 1.807) is 0 Å². The van der Waals surface area contributed by atoms with Crippen LogP contribution < -0.4 is 11.1 Å². The molecule has 1 saturated heterocycles. The molecule has 0 radical (unpaired) electrons. The van der Waals surface area contributed by atoms with Crippen LogP contribution in [0.15, 0.2) is 0 Å². The van der Waals surface area contributed by atoms with E-state index in [4.69, 9.17) is 10.5 Å². The van der Waals surface area contributed by atoms with Crippen LogP contribution >= 0.6 is 0 Å². The first-order valence-electron chi connectivity index (χ1n) is 8.02. The molecule has 1 aliphatic carbocycles. The molecule has 1 aliphatic heterocycles. The number of nitrogens with zero attached hydrogens (tertiary/aromatic N) is 1. The number of morpholine rings is 1. The average Bonchev–Trinajstić information content (AvgIpc) is 2.35. The number of likely N-dealkylation sites (N-methyl/N-ethyl adjacent to an activating group) is 1. The Morgan fingerprint density at radius 3 is 2.29 bits per heavy atom. The number of ether oxygens (including phenoxy) is 1. The third-order valence-corrected chi connectivity index (χ3v) is 4.91. The second kappa shape index (κ2) is 5.52. The number of nitrogens with two attached hydrogens (primary N) is 1. The molecule has 2 unspecified atom stereocenters. The maximum atomic E-state index is 11.9. The highest BCUT2D eigenvalue weighted by Crippen LogP contribution is 2.36. The zero-order chi connectivity index (χ0) is 15.9. The average molecular weight is 297 g/mol. The Hall–Kier alpha value is -0.650. The van der Waals surface area contributed by atoms with Gasteiger partial charge in [-0.05, 0) is 60.4 Å². The number of nitrogens with one attached hydrogen (secondary N) is 1. The molecule has 2 atom stereocenters. The Balaban J connectivity index is 2.15. The number of carbonyl (C=O) groups is 1.